The van der Waals surface area contributed by atoms with Crippen molar-refractivity contribution >= 4 is 41.5 Å². The molecule has 2 saturated heterocycles. The third-order valence-corrected chi connectivity index (χ3v) is 6.20. The van der Waals surface area contributed by atoms with Gasteiger partial charge in [-0.3, -0.25) is 9.79 Å². The molecule has 0 aromatic heterocycles. The van der Waals surface area contributed by atoms with Gasteiger partial charge in [0.2, 0.25) is 5.91 Å². The molecule has 178 valence electrons. The van der Waals surface area contributed by atoms with Gasteiger partial charge in [0.05, 0.1) is 19.1 Å². The van der Waals surface area contributed by atoms with Crippen LogP contribution >= 0.6 is 24.0 Å². The third-order valence-electron chi connectivity index (χ3n) is 6.20. The number of nitrogens with zero attached hydrogens (tertiary/aromatic N) is 4. The molecule has 4 rings (SSSR count). The van der Waals surface area contributed by atoms with E-state index in [1.807, 2.05) is 48.3 Å². The highest BCUT2D eigenvalue weighted by molar-refractivity contribution is 14.0. The molecule has 0 bridgehead atoms. The number of morpholine rings is 1. The number of aliphatic imine (C=N–C) groups is 1. The van der Waals surface area contributed by atoms with Crippen molar-refractivity contribution in [3.8, 4) is 0 Å². The van der Waals surface area contributed by atoms with Gasteiger partial charge < -0.3 is 24.8 Å². The lowest BCUT2D eigenvalue weighted by atomic mass is 9.97. The average molecular weight is 563 g/mol. The van der Waals surface area contributed by atoms with E-state index in [1.54, 1.807) is 0 Å². The first-order valence-corrected chi connectivity index (χ1v) is 11.4. The van der Waals surface area contributed by atoms with E-state index in [2.05, 4.69) is 44.4 Å². The lowest BCUT2D eigenvalue weighted by Gasteiger charge is -2.38. The second-order valence-electron chi connectivity index (χ2n) is 8.14. The van der Waals surface area contributed by atoms with Crippen molar-refractivity contribution in [2.45, 2.75) is 5.92 Å². The molecule has 2 aromatic rings. The SMILES string of the molecule is CN=C(NCC(C(=O)N1CCOCC1)c1ccccc1)N1CCN(c2ccccc2)CC1.I. The van der Waals surface area contributed by atoms with Crippen LogP contribution in [0.4, 0.5) is 5.69 Å². The molecule has 2 fully saturated rings. The smallest absolute Gasteiger partial charge is 0.232 e. The topological polar surface area (TPSA) is 60.4 Å². The van der Waals surface area contributed by atoms with E-state index < -0.39 is 0 Å². The summed E-state index contributed by atoms with van der Waals surface area (Å²) in [7, 11) is 1.81. The Kier molecular flexibility index (Phi) is 9.80. The first kappa shape index (κ1) is 25.3. The minimum atomic E-state index is -0.253. The summed E-state index contributed by atoms with van der Waals surface area (Å²) in [5.41, 5.74) is 2.29. The van der Waals surface area contributed by atoms with Gasteiger partial charge in [0, 0.05) is 58.5 Å². The largest absolute Gasteiger partial charge is 0.378 e. The van der Waals surface area contributed by atoms with Gasteiger partial charge in [0.25, 0.3) is 0 Å². The number of anilines is 1. The number of hydrogen-bond donors (Lipinski definition) is 1. The van der Waals surface area contributed by atoms with Crippen molar-refractivity contribution in [3.05, 3.63) is 66.2 Å². The van der Waals surface area contributed by atoms with Gasteiger partial charge in [-0.25, -0.2) is 0 Å². The van der Waals surface area contributed by atoms with Crippen LogP contribution in [0, 0.1) is 0 Å². The zero-order valence-electron chi connectivity index (χ0n) is 19.2. The molecule has 0 radical (unpaired) electrons. The fourth-order valence-corrected chi connectivity index (χ4v) is 4.38. The van der Waals surface area contributed by atoms with Crippen LogP contribution in [-0.2, 0) is 9.53 Å². The molecular weight excluding hydrogens is 529 g/mol. The number of carbonyl (C=O) groups excluding carboxylic acids is 1. The Bertz CT molecular complexity index is 882. The van der Waals surface area contributed by atoms with Gasteiger partial charge in [0.15, 0.2) is 5.96 Å². The fraction of sp³-hybridized carbons (Fsp3) is 0.440. The number of rotatable bonds is 5. The highest BCUT2D eigenvalue weighted by Gasteiger charge is 2.28. The second kappa shape index (κ2) is 12.8. The van der Waals surface area contributed by atoms with Crippen LogP contribution in [0.2, 0.25) is 0 Å². The first-order valence-electron chi connectivity index (χ1n) is 11.4. The highest BCUT2D eigenvalue weighted by atomic mass is 127. The molecule has 33 heavy (non-hydrogen) atoms. The van der Waals surface area contributed by atoms with Gasteiger partial charge in [-0.2, -0.15) is 0 Å². The summed E-state index contributed by atoms with van der Waals surface area (Å²) < 4.78 is 5.43. The number of carbonyl (C=O) groups is 1. The Balaban J connectivity index is 0.00000306. The monoisotopic (exact) mass is 563 g/mol. The normalized spacial score (nSPS) is 17.8. The standard InChI is InChI=1S/C25H33N5O2.HI/c1-26-25(30-14-12-28(13-15-30)22-10-6-3-7-11-22)27-20-23(21-8-4-2-5-9-21)24(31)29-16-18-32-19-17-29;/h2-11,23H,12-20H2,1H3,(H,26,27);1H. The molecule has 1 N–H and O–H groups in total. The number of piperazine rings is 1. The minimum Gasteiger partial charge on any atom is -0.378 e. The number of para-hydroxylation sites is 1. The molecule has 8 heteroatoms. The molecule has 0 aliphatic carbocycles. The number of benzene rings is 2. The molecule has 0 spiro atoms. The van der Waals surface area contributed by atoms with E-state index in [0.29, 0.717) is 32.8 Å². The van der Waals surface area contributed by atoms with Gasteiger partial charge in [-0.05, 0) is 17.7 Å². The van der Waals surface area contributed by atoms with E-state index in [4.69, 9.17) is 4.74 Å². The molecule has 2 aliphatic heterocycles. The van der Waals surface area contributed by atoms with Gasteiger partial charge in [0.1, 0.15) is 0 Å². The van der Waals surface area contributed by atoms with Crippen molar-refractivity contribution in [3.63, 3.8) is 0 Å². The van der Waals surface area contributed by atoms with Crippen LogP contribution in [0.3, 0.4) is 0 Å². The molecule has 1 unspecified atom stereocenters. The average Bonchev–Trinajstić information content (AvgIpc) is 2.88. The number of ether oxygens (including phenoxy) is 1. The van der Waals surface area contributed by atoms with Gasteiger partial charge in [-0.1, -0.05) is 48.5 Å². The van der Waals surface area contributed by atoms with Crippen LogP contribution in [-0.4, -0.2) is 87.7 Å². The van der Waals surface area contributed by atoms with Crippen LogP contribution in [0.1, 0.15) is 11.5 Å². The van der Waals surface area contributed by atoms with Crippen molar-refractivity contribution in [1.29, 1.82) is 0 Å². The van der Waals surface area contributed by atoms with Crippen LogP contribution in [0.5, 0.6) is 0 Å². The number of hydrogen-bond acceptors (Lipinski definition) is 4. The van der Waals surface area contributed by atoms with E-state index in [0.717, 1.165) is 37.7 Å². The van der Waals surface area contributed by atoms with Crippen LogP contribution < -0.4 is 10.2 Å². The summed E-state index contributed by atoms with van der Waals surface area (Å²) >= 11 is 0. The van der Waals surface area contributed by atoms with Crippen LogP contribution in [0.25, 0.3) is 0 Å². The maximum Gasteiger partial charge on any atom is 0.232 e. The summed E-state index contributed by atoms with van der Waals surface area (Å²) in [5.74, 6) is 0.751. The third kappa shape index (κ3) is 6.60. The lowest BCUT2D eigenvalue weighted by molar-refractivity contribution is -0.136. The molecule has 1 atom stereocenters. The highest BCUT2D eigenvalue weighted by Crippen LogP contribution is 2.20. The summed E-state index contributed by atoms with van der Waals surface area (Å²) in [5, 5.41) is 3.49. The summed E-state index contributed by atoms with van der Waals surface area (Å²) in [6, 6.07) is 20.6. The Morgan fingerprint density at radius 2 is 1.52 bits per heavy atom. The Labute approximate surface area is 213 Å². The predicted molar refractivity (Wildman–Crippen MR) is 144 cm³/mol. The maximum atomic E-state index is 13.3. The number of guanidine groups is 1. The number of nitrogens with one attached hydrogen (secondary N) is 1. The Morgan fingerprint density at radius 3 is 2.12 bits per heavy atom. The lowest BCUT2D eigenvalue weighted by Crippen LogP contribution is -2.53. The van der Waals surface area contributed by atoms with E-state index in [9.17, 15) is 4.79 Å². The quantitative estimate of drug-likeness (QED) is 0.345. The zero-order chi connectivity index (χ0) is 22.2. The molecule has 7 nitrogen and oxygen atoms in total. The van der Waals surface area contributed by atoms with Crippen molar-refractivity contribution in [2.24, 2.45) is 4.99 Å². The van der Waals surface area contributed by atoms with Gasteiger partial charge in [-0.15, -0.1) is 24.0 Å². The maximum absolute atomic E-state index is 13.3. The molecular formula is C25H34IN5O2. The van der Waals surface area contributed by atoms with Crippen molar-refractivity contribution < 1.29 is 9.53 Å². The molecule has 0 saturated carbocycles. The molecule has 2 heterocycles. The van der Waals surface area contributed by atoms with E-state index >= 15 is 0 Å². The predicted octanol–water partition coefficient (Wildman–Crippen LogP) is 2.64. The zero-order valence-corrected chi connectivity index (χ0v) is 21.6. The van der Waals surface area contributed by atoms with Crippen LogP contribution in [0.15, 0.2) is 65.7 Å². The second-order valence-corrected chi connectivity index (χ2v) is 8.14. The molecule has 2 aromatic carbocycles. The Morgan fingerprint density at radius 1 is 0.909 bits per heavy atom. The summed E-state index contributed by atoms with van der Waals surface area (Å²) in [6.07, 6.45) is 0. The minimum absolute atomic E-state index is 0. The van der Waals surface area contributed by atoms with Crippen molar-refractivity contribution in [2.75, 3.05) is 71.0 Å². The number of amides is 1. The molecule has 2 aliphatic rings. The summed E-state index contributed by atoms with van der Waals surface area (Å²) in [4.78, 5) is 24.5. The molecule has 1 amide bonds. The fourth-order valence-electron chi connectivity index (χ4n) is 4.38. The van der Waals surface area contributed by atoms with E-state index in [1.165, 1.54) is 5.69 Å². The van der Waals surface area contributed by atoms with E-state index in [-0.39, 0.29) is 35.8 Å². The van der Waals surface area contributed by atoms with Gasteiger partial charge >= 0.3 is 0 Å². The Hall–Kier alpha value is -2.33. The van der Waals surface area contributed by atoms with Crippen molar-refractivity contribution in [1.82, 2.24) is 15.1 Å². The summed E-state index contributed by atoms with van der Waals surface area (Å²) in [6.45, 7) is 6.70. The number of halogens is 1. The first-order chi connectivity index (χ1) is 15.8.